The van der Waals surface area contributed by atoms with Gasteiger partial charge in [-0.1, -0.05) is 30.0 Å². The van der Waals surface area contributed by atoms with Crippen LogP contribution in [0.4, 0.5) is 11.4 Å². The Labute approximate surface area is 170 Å². The molecule has 2 aliphatic heterocycles. The van der Waals surface area contributed by atoms with Gasteiger partial charge in [0.05, 0.1) is 27.1 Å². The fourth-order valence-electron chi connectivity index (χ4n) is 2.92. The summed E-state index contributed by atoms with van der Waals surface area (Å²) in [5, 5.41) is 11.4. The van der Waals surface area contributed by atoms with Crippen molar-refractivity contribution in [2.45, 2.75) is 13.8 Å². The minimum Gasteiger partial charge on any atom is -0.454 e. The summed E-state index contributed by atoms with van der Waals surface area (Å²) < 4.78 is 10.9. The molecular weight excluding hydrogens is 400 g/mol. The highest BCUT2D eigenvalue weighted by molar-refractivity contribution is 8.27. The minimum atomic E-state index is -0.516. The third-order valence-electron chi connectivity index (χ3n) is 4.55. The van der Waals surface area contributed by atoms with Crippen molar-refractivity contribution in [1.29, 1.82) is 0 Å². The molecule has 1 saturated heterocycles. The number of anilines is 1. The van der Waals surface area contributed by atoms with Gasteiger partial charge in [-0.15, -0.1) is 0 Å². The van der Waals surface area contributed by atoms with Crippen molar-refractivity contribution >= 4 is 51.7 Å². The van der Waals surface area contributed by atoms with E-state index in [0.29, 0.717) is 26.4 Å². The lowest BCUT2D eigenvalue weighted by Gasteiger charge is -2.15. The average Bonchev–Trinajstić information content (AvgIpc) is 3.21. The van der Waals surface area contributed by atoms with Gasteiger partial charge in [0, 0.05) is 0 Å². The summed E-state index contributed by atoms with van der Waals surface area (Å²) in [6.07, 6.45) is 1.47. The molecule has 4 rings (SSSR count). The zero-order chi connectivity index (χ0) is 20.0. The summed E-state index contributed by atoms with van der Waals surface area (Å²) in [6.45, 7) is 3.95. The number of amides is 1. The van der Waals surface area contributed by atoms with Crippen molar-refractivity contribution < 1.29 is 19.2 Å². The zero-order valence-corrected chi connectivity index (χ0v) is 16.6. The highest BCUT2D eigenvalue weighted by atomic mass is 32.2. The van der Waals surface area contributed by atoms with Crippen molar-refractivity contribution in [3.8, 4) is 11.5 Å². The first kappa shape index (κ1) is 18.5. The molecule has 28 heavy (non-hydrogen) atoms. The Morgan fingerprint density at radius 3 is 2.57 bits per heavy atom. The Morgan fingerprint density at radius 1 is 1.18 bits per heavy atom. The van der Waals surface area contributed by atoms with Crippen LogP contribution in [0.5, 0.6) is 11.5 Å². The first-order chi connectivity index (χ1) is 13.3. The Balaban J connectivity index is 1.74. The maximum atomic E-state index is 13.0. The monoisotopic (exact) mass is 414 g/mol. The number of carbonyl (C=O) groups is 1. The van der Waals surface area contributed by atoms with Crippen LogP contribution in [0.3, 0.4) is 0 Å². The Morgan fingerprint density at radius 2 is 1.89 bits per heavy atom. The predicted molar refractivity (Wildman–Crippen MR) is 111 cm³/mol. The van der Waals surface area contributed by atoms with Crippen LogP contribution in [0, 0.1) is 24.0 Å². The van der Waals surface area contributed by atoms with Crippen molar-refractivity contribution in [1.82, 2.24) is 0 Å². The zero-order valence-electron chi connectivity index (χ0n) is 14.9. The van der Waals surface area contributed by atoms with E-state index in [-0.39, 0.29) is 24.0 Å². The third kappa shape index (κ3) is 3.12. The second kappa shape index (κ2) is 6.92. The quantitative estimate of drug-likeness (QED) is 0.320. The van der Waals surface area contributed by atoms with Crippen molar-refractivity contribution in [3.05, 3.63) is 62.0 Å². The smallest absolute Gasteiger partial charge is 0.280 e. The first-order valence-corrected chi connectivity index (χ1v) is 9.51. The topological polar surface area (TPSA) is 81.9 Å². The number of carbonyl (C=O) groups excluding carboxylic acids is 1. The van der Waals surface area contributed by atoms with Gasteiger partial charge in [0.1, 0.15) is 0 Å². The molecule has 0 spiro atoms. The molecule has 0 aromatic heterocycles. The molecule has 2 aromatic rings. The average molecular weight is 414 g/mol. The molecule has 0 atom stereocenters. The summed E-state index contributed by atoms with van der Waals surface area (Å²) in [5.41, 5.74) is 2.92. The van der Waals surface area contributed by atoms with E-state index in [1.807, 2.05) is 32.0 Å². The molecule has 2 heterocycles. The summed E-state index contributed by atoms with van der Waals surface area (Å²) >= 11 is 6.49. The molecule has 2 aliphatic rings. The normalized spacial score (nSPS) is 16.9. The predicted octanol–water partition coefficient (Wildman–Crippen LogP) is 4.35. The number of nitro benzene ring substituents is 1. The van der Waals surface area contributed by atoms with Crippen LogP contribution in [0.15, 0.2) is 35.2 Å². The highest BCUT2D eigenvalue weighted by Gasteiger charge is 2.34. The van der Waals surface area contributed by atoms with Crippen LogP contribution in [-0.4, -0.2) is 21.9 Å². The third-order valence-corrected chi connectivity index (χ3v) is 5.85. The molecule has 1 amide bonds. The van der Waals surface area contributed by atoms with E-state index >= 15 is 0 Å². The maximum Gasteiger partial charge on any atom is 0.280 e. The fraction of sp³-hybridized carbons (Fsp3) is 0.158. The van der Waals surface area contributed by atoms with Gasteiger partial charge >= 0.3 is 0 Å². The molecule has 9 heteroatoms. The van der Waals surface area contributed by atoms with Gasteiger partial charge in [-0.2, -0.15) is 0 Å². The van der Waals surface area contributed by atoms with E-state index in [1.165, 1.54) is 23.1 Å². The standard InChI is InChI=1S/C19H14N2O5S2/c1-10-3-4-13(5-11(10)2)20-18(22)17(28-19(20)27)7-12-6-15-16(26-9-25-15)8-14(12)21(23)24/h3-8H,9H2,1-2H3/b17-7-. The number of benzene rings is 2. The number of thioether (sulfide) groups is 1. The fourth-order valence-corrected chi connectivity index (χ4v) is 4.21. The first-order valence-electron chi connectivity index (χ1n) is 8.28. The summed E-state index contributed by atoms with van der Waals surface area (Å²) in [5.74, 6) is 0.401. The Hall–Kier alpha value is -2.91. The highest BCUT2D eigenvalue weighted by Crippen LogP contribution is 2.41. The lowest BCUT2D eigenvalue weighted by atomic mass is 10.1. The Kier molecular flexibility index (Phi) is 4.56. The summed E-state index contributed by atoms with van der Waals surface area (Å²) in [7, 11) is 0. The molecule has 0 N–H and O–H groups in total. The molecule has 142 valence electrons. The second-order valence-corrected chi connectivity index (χ2v) is 7.98. The molecule has 0 radical (unpaired) electrons. The van der Waals surface area contributed by atoms with Crippen LogP contribution < -0.4 is 14.4 Å². The number of ether oxygens (including phenoxy) is 2. The number of thiocarbonyl (C=S) groups is 1. The SMILES string of the molecule is Cc1ccc(N2C(=O)/C(=C/c3cc4c(cc3[N+](=O)[O-])OCO4)SC2=S)cc1C. The molecule has 1 fully saturated rings. The summed E-state index contributed by atoms with van der Waals surface area (Å²) in [4.78, 5) is 25.6. The molecule has 0 saturated carbocycles. The number of nitrogens with zero attached hydrogens (tertiary/aromatic N) is 2. The van der Waals surface area contributed by atoms with Gasteiger partial charge in [0.2, 0.25) is 6.79 Å². The van der Waals surface area contributed by atoms with E-state index in [2.05, 4.69) is 0 Å². The van der Waals surface area contributed by atoms with E-state index < -0.39 is 4.92 Å². The van der Waals surface area contributed by atoms with Crippen LogP contribution in [0.1, 0.15) is 16.7 Å². The van der Waals surface area contributed by atoms with Crippen LogP contribution in [0.25, 0.3) is 6.08 Å². The van der Waals surface area contributed by atoms with Gasteiger partial charge in [-0.05, 0) is 49.2 Å². The van der Waals surface area contributed by atoms with E-state index in [1.54, 1.807) is 0 Å². The van der Waals surface area contributed by atoms with Crippen molar-refractivity contribution in [2.75, 3.05) is 11.7 Å². The number of rotatable bonds is 3. The largest absolute Gasteiger partial charge is 0.454 e. The van der Waals surface area contributed by atoms with Gasteiger partial charge in [-0.25, -0.2) is 0 Å². The van der Waals surface area contributed by atoms with Crippen molar-refractivity contribution in [2.24, 2.45) is 0 Å². The maximum absolute atomic E-state index is 13.0. The minimum absolute atomic E-state index is 0.00479. The number of fused-ring (bicyclic) bond motifs is 1. The second-order valence-electron chi connectivity index (χ2n) is 6.31. The van der Waals surface area contributed by atoms with Gasteiger partial charge < -0.3 is 9.47 Å². The Bertz CT molecular complexity index is 1080. The lowest BCUT2D eigenvalue weighted by Crippen LogP contribution is -2.27. The molecule has 0 unspecified atom stereocenters. The van der Waals surface area contributed by atoms with E-state index in [4.69, 9.17) is 21.7 Å². The van der Waals surface area contributed by atoms with Crippen LogP contribution in [0.2, 0.25) is 0 Å². The number of hydrogen-bond donors (Lipinski definition) is 0. The van der Waals surface area contributed by atoms with Crippen LogP contribution >= 0.6 is 24.0 Å². The number of nitro groups is 1. The number of aryl methyl sites for hydroxylation is 2. The van der Waals surface area contributed by atoms with Gasteiger partial charge in [0.25, 0.3) is 11.6 Å². The van der Waals surface area contributed by atoms with Crippen molar-refractivity contribution in [3.63, 3.8) is 0 Å². The molecule has 2 aromatic carbocycles. The van der Waals surface area contributed by atoms with E-state index in [9.17, 15) is 14.9 Å². The molecule has 0 aliphatic carbocycles. The lowest BCUT2D eigenvalue weighted by molar-refractivity contribution is -0.385. The summed E-state index contributed by atoms with van der Waals surface area (Å²) in [6, 6.07) is 8.46. The van der Waals surface area contributed by atoms with Crippen LogP contribution in [-0.2, 0) is 4.79 Å². The van der Waals surface area contributed by atoms with Gasteiger partial charge in [0.15, 0.2) is 15.8 Å². The molecular formula is C19H14N2O5S2. The van der Waals surface area contributed by atoms with E-state index in [0.717, 1.165) is 22.9 Å². The molecule has 7 nitrogen and oxygen atoms in total. The molecule has 0 bridgehead atoms. The number of hydrogen-bond acceptors (Lipinski definition) is 7. The van der Waals surface area contributed by atoms with Gasteiger partial charge in [-0.3, -0.25) is 19.8 Å².